The van der Waals surface area contributed by atoms with Crippen LogP contribution >= 0.6 is 11.8 Å². The Bertz CT molecular complexity index is 260. The molecule has 2 nitrogen and oxygen atoms in total. The molecule has 0 saturated carbocycles. The molecular formula is C12H21NOS. The van der Waals surface area contributed by atoms with Gasteiger partial charge >= 0.3 is 0 Å². The Balaban J connectivity index is 2.04. The normalized spacial score (nSPS) is 10.8. The van der Waals surface area contributed by atoms with E-state index in [0.717, 1.165) is 36.7 Å². The Labute approximate surface area is 96.6 Å². The lowest BCUT2D eigenvalue weighted by Gasteiger charge is -1.99. The van der Waals surface area contributed by atoms with Crippen molar-refractivity contribution in [3.8, 4) is 0 Å². The first-order chi connectivity index (χ1) is 7.36. The molecule has 1 rings (SSSR count). The van der Waals surface area contributed by atoms with Crippen molar-refractivity contribution in [2.45, 2.75) is 38.4 Å². The second-order valence-electron chi connectivity index (χ2n) is 3.62. The molecule has 0 atom stereocenters. The Kier molecular flexibility index (Phi) is 6.60. The van der Waals surface area contributed by atoms with Gasteiger partial charge in [-0.05, 0) is 37.3 Å². The zero-order valence-electron chi connectivity index (χ0n) is 9.50. The standard InChI is InChI=1S/C12H21NOS/c1-2-11-6-7-12(14-11)10-15-9-5-3-4-8-13/h6-7H,2-5,8-10,13H2,1H3. The summed E-state index contributed by atoms with van der Waals surface area (Å²) >= 11 is 1.95. The predicted molar refractivity (Wildman–Crippen MR) is 67.2 cm³/mol. The summed E-state index contributed by atoms with van der Waals surface area (Å²) in [4.78, 5) is 0. The summed E-state index contributed by atoms with van der Waals surface area (Å²) < 4.78 is 5.62. The SMILES string of the molecule is CCc1ccc(CSCCCCCN)o1. The zero-order valence-corrected chi connectivity index (χ0v) is 10.3. The lowest BCUT2D eigenvalue weighted by Crippen LogP contribution is -1.97. The van der Waals surface area contributed by atoms with Crippen molar-refractivity contribution in [2.24, 2.45) is 5.73 Å². The lowest BCUT2D eigenvalue weighted by molar-refractivity contribution is 0.485. The number of rotatable bonds is 8. The van der Waals surface area contributed by atoms with E-state index in [-0.39, 0.29) is 0 Å². The van der Waals surface area contributed by atoms with Gasteiger partial charge in [-0.2, -0.15) is 11.8 Å². The Morgan fingerprint density at radius 3 is 2.67 bits per heavy atom. The second kappa shape index (κ2) is 7.83. The van der Waals surface area contributed by atoms with Crippen LogP contribution in [0.3, 0.4) is 0 Å². The van der Waals surface area contributed by atoms with E-state index in [0.29, 0.717) is 0 Å². The molecule has 2 N–H and O–H groups in total. The van der Waals surface area contributed by atoms with Crippen molar-refractivity contribution in [1.29, 1.82) is 0 Å². The fourth-order valence-electron chi connectivity index (χ4n) is 1.39. The maximum atomic E-state index is 5.62. The van der Waals surface area contributed by atoms with Crippen molar-refractivity contribution >= 4 is 11.8 Å². The summed E-state index contributed by atoms with van der Waals surface area (Å²) in [5.41, 5.74) is 5.43. The largest absolute Gasteiger partial charge is 0.465 e. The van der Waals surface area contributed by atoms with Crippen molar-refractivity contribution in [2.75, 3.05) is 12.3 Å². The molecule has 0 fully saturated rings. The third-order valence-electron chi connectivity index (χ3n) is 2.30. The first kappa shape index (κ1) is 12.7. The fraction of sp³-hybridized carbons (Fsp3) is 0.667. The summed E-state index contributed by atoms with van der Waals surface area (Å²) in [6.07, 6.45) is 4.66. The van der Waals surface area contributed by atoms with E-state index in [1.807, 2.05) is 11.8 Å². The third-order valence-corrected chi connectivity index (χ3v) is 3.37. The number of unbranched alkanes of at least 4 members (excludes halogenated alkanes) is 2. The number of aryl methyl sites for hydroxylation is 1. The minimum Gasteiger partial charge on any atom is -0.465 e. The summed E-state index contributed by atoms with van der Waals surface area (Å²) in [5, 5.41) is 0. The highest BCUT2D eigenvalue weighted by Crippen LogP contribution is 2.17. The molecule has 0 spiro atoms. The van der Waals surface area contributed by atoms with Crippen LogP contribution in [0.25, 0.3) is 0 Å². The molecule has 3 heteroatoms. The first-order valence-electron chi connectivity index (χ1n) is 5.72. The molecule has 1 aromatic heterocycles. The molecule has 0 bridgehead atoms. The van der Waals surface area contributed by atoms with E-state index in [1.165, 1.54) is 18.6 Å². The highest BCUT2D eigenvalue weighted by molar-refractivity contribution is 7.98. The summed E-state index contributed by atoms with van der Waals surface area (Å²) in [6, 6.07) is 4.16. The molecule has 86 valence electrons. The summed E-state index contributed by atoms with van der Waals surface area (Å²) in [7, 11) is 0. The number of hydrogen-bond acceptors (Lipinski definition) is 3. The van der Waals surface area contributed by atoms with Gasteiger partial charge in [-0.25, -0.2) is 0 Å². The van der Waals surface area contributed by atoms with E-state index in [1.54, 1.807) is 0 Å². The van der Waals surface area contributed by atoms with Gasteiger partial charge in [-0.1, -0.05) is 13.3 Å². The highest BCUT2D eigenvalue weighted by atomic mass is 32.2. The number of nitrogens with two attached hydrogens (primary N) is 1. The average Bonchev–Trinajstić information content (AvgIpc) is 2.71. The topological polar surface area (TPSA) is 39.2 Å². The molecule has 1 aromatic rings. The highest BCUT2D eigenvalue weighted by Gasteiger charge is 1.99. The van der Waals surface area contributed by atoms with Gasteiger partial charge in [-0.15, -0.1) is 0 Å². The van der Waals surface area contributed by atoms with Crippen LogP contribution in [0.4, 0.5) is 0 Å². The fourth-order valence-corrected chi connectivity index (χ4v) is 2.30. The summed E-state index contributed by atoms with van der Waals surface area (Å²) in [6.45, 7) is 2.94. The molecule has 0 aliphatic rings. The first-order valence-corrected chi connectivity index (χ1v) is 6.87. The van der Waals surface area contributed by atoms with Gasteiger partial charge in [0.1, 0.15) is 11.5 Å². The van der Waals surface area contributed by atoms with Crippen LogP contribution in [-0.4, -0.2) is 12.3 Å². The van der Waals surface area contributed by atoms with Crippen LogP contribution in [-0.2, 0) is 12.2 Å². The Hall–Kier alpha value is -0.410. The lowest BCUT2D eigenvalue weighted by atomic mass is 10.2. The van der Waals surface area contributed by atoms with Crippen LogP contribution in [0.2, 0.25) is 0 Å². The van der Waals surface area contributed by atoms with Crippen LogP contribution in [0.15, 0.2) is 16.5 Å². The number of thioether (sulfide) groups is 1. The van der Waals surface area contributed by atoms with Gasteiger partial charge in [0.15, 0.2) is 0 Å². The van der Waals surface area contributed by atoms with Crippen molar-refractivity contribution in [3.05, 3.63) is 23.7 Å². The predicted octanol–water partition coefficient (Wildman–Crippen LogP) is 3.20. The van der Waals surface area contributed by atoms with Crippen molar-refractivity contribution < 1.29 is 4.42 Å². The van der Waals surface area contributed by atoms with Crippen LogP contribution in [0.5, 0.6) is 0 Å². The second-order valence-corrected chi connectivity index (χ2v) is 4.73. The molecule has 1 heterocycles. The third kappa shape index (κ3) is 5.28. The van der Waals surface area contributed by atoms with Crippen LogP contribution in [0.1, 0.15) is 37.7 Å². The number of hydrogen-bond donors (Lipinski definition) is 1. The minimum atomic E-state index is 0.822. The monoisotopic (exact) mass is 227 g/mol. The van der Waals surface area contributed by atoms with Crippen LogP contribution in [0, 0.1) is 0 Å². The van der Waals surface area contributed by atoms with E-state index in [4.69, 9.17) is 10.2 Å². The molecule has 0 radical (unpaired) electrons. The minimum absolute atomic E-state index is 0.822. The Morgan fingerprint density at radius 2 is 2.00 bits per heavy atom. The van der Waals surface area contributed by atoms with Crippen LogP contribution < -0.4 is 5.73 Å². The molecule has 0 saturated heterocycles. The zero-order chi connectivity index (χ0) is 10.9. The maximum absolute atomic E-state index is 5.62. The quantitative estimate of drug-likeness (QED) is 0.693. The van der Waals surface area contributed by atoms with Crippen molar-refractivity contribution in [1.82, 2.24) is 0 Å². The van der Waals surface area contributed by atoms with Gasteiger partial charge in [0.25, 0.3) is 0 Å². The van der Waals surface area contributed by atoms with Gasteiger partial charge in [-0.3, -0.25) is 0 Å². The molecule has 0 aromatic carbocycles. The van der Waals surface area contributed by atoms with E-state index < -0.39 is 0 Å². The molecule has 0 amide bonds. The Morgan fingerprint density at radius 1 is 1.20 bits per heavy atom. The average molecular weight is 227 g/mol. The molecule has 15 heavy (non-hydrogen) atoms. The van der Waals surface area contributed by atoms with Gasteiger partial charge in [0.05, 0.1) is 5.75 Å². The van der Waals surface area contributed by atoms with Gasteiger partial charge in [0.2, 0.25) is 0 Å². The number of furan rings is 1. The molecule has 0 unspecified atom stereocenters. The van der Waals surface area contributed by atoms with Crippen molar-refractivity contribution in [3.63, 3.8) is 0 Å². The van der Waals surface area contributed by atoms with E-state index in [9.17, 15) is 0 Å². The molecule has 0 aliphatic carbocycles. The van der Waals surface area contributed by atoms with E-state index in [2.05, 4.69) is 19.1 Å². The molecular weight excluding hydrogens is 206 g/mol. The summed E-state index contributed by atoms with van der Waals surface area (Å²) in [5.74, 6) is 4.41. The maximum Gasteiger partial charge on any atom is 0.114 e. The van der Waals surface area contributed by atoms with Gasteiger partial charge < -0.3 is 10.2 Å². The van der Waals surface area contributed by atoms with Gasteiger partial charge in [0, 0.05) is 6.42 Å². The molecule has 0 aliphatic heterocycles. The van der Waals surface area contributed by atoms with E-state index >= 15 is 0 Å². The smallest absolute Gasteiger partial charge is 0.114 e.